The number of benzene rings is 2. The highest BCUT2D eigenvalue weighted by molar-refractivity contribution is 7.61. The average molecular weight is 288 g/mol. The minimum Gasteiger partial charge on any atom is -0.421 e. The van der Waals surface area contributed by atoms with E-state index in [1.807, 2.05) is 18.2 Å². The van der Waals surface area contributed by atoms with Gasteiger partial charge in [-0.1, -0.05) is 42.5 Å². The van der Waals surface area contributed by atoms with E-state index in [4.69, 9.17) is 4.52 Å². The molecule has 2 rings (SSSR count). The van der Waals surface area contributed by atoms with Crippen LogP contribution in [-0.2, 0) is 11.0 Å². The summed E-state index contributed by atoms with van der Waals surface area (Å²) < 4.78 is 17.9. The Morgan fingerprint density at radius 1 is 1.20 bits per heavy atom. The Bertz CT molecular complexity index is 664. The predicted molar refractivity (Wildman–Crippen MR) is 81.6 cm³/mol. The highest BCUT2D eigenvalue weighted by atomic mass is 31.2. The Labute approximate surface area is 119 Å². The third-order valence-electron chi connectivity index (χ3n) is 2.98. The second-order valence-corrected chi connectivity index (χ2v) is 6.20. The van der Waals surface area contributed by atoms with Crippen molar-refractivity contribution in [2.75, 3.05) is 0 Å². The Kier molecular flexibility index (Phi) is 4.43. The van der Waals surface area contributed by atoms with Gasteiger partial charge in [0.25, 0.3) is 0 Å². The normalized spacial score (nSPS) is 13.5. The smallest absolute Gasteiger partial charge is 0.408 e. The van der Waals surface area contributed by atoms with Crippen LogP contribution in [-0.4, -0.2) is 4.89 Å². The van der Waals surface area contributed by atoms with Gasteiger partial charge >= 0.3 is 7.60 Å². The summed E-state index contributed by atoms with van der Waals surface area (Å²) in [6, 6.07) is 14.1. The standard InChI is InChI=1S/C16H17O3P/c1-3-8-14-10-5-6-11-15(14)19-20(17,18)16-12-7-4-9-13(16)2/h3-7,9-12H,1,8H2,2H3,(H,17,18). The predicted octanol–water partition coefficient (Wildman–Crippen LogP) is 3.61. The molecular weight excluding hydrogens is 271 g/mol. The van der Waals surface area contributed by atoms with Gasteiger partial charge < -0.3 is 9.42 Å². The first-order valence-electron chi connectivity index (χ1n) is 6.32. The molecule has 0 saturated carbocycles. The summed E-state index contributed by atoms with van der Waals surface area (Å²) in [6.07, 6.45) is 2.32. The molecule has 0 bridgehead atoms. The molecule has 0 spiro atoms. The zero-order chi connectivity index (χ0) is 14.6. The summed E-state index contributed by atoms with van der Waals surface area (Å²) in [5.41, 5.74) is 1.57. The van der Waals surface area contributed by atoms with E-state index in [1.54, 1.807) is 43.3 Å². The fraction of sp³-hybridized carbons (Fsp3) is 0.125. The van der Waals surface area contributed by atoms with Crippen molar-refractivity contribution < 1.29 is 14.0 Å². The van der Waals surface area contributed by atoms with E-state index in [-0.39, 0.29) is 0 Å². The highest BCUT2D eigenvalue weighted by Crippen LogP contribution is 2.43. The SMILES string of the molecule is C=CCc1ccccc1OP(=O)(O)c1ccccc1C. The van der Waals surface area contributed by atoms with Gasteiger partial charge in [0.1, 0.15) is 5.75 Å². The van der Waals surface area contributed by atoms with Crippen molar-refractivity contribution in [2.45, 2.75) is 13.3 Å². The van der Waals surface area contributed by atoms with Crippen molar-refractivity contribution in [2.24, 2.45) is 0 Å². The molecule has 0 amide bonds. The lowest BCUT2D eigenvalue weighted by Gasteiger charge is -2.17. The van der Waals surface area contributed by atoms with Crippen LogP contribution in [0.3, 0.4) is 0 Å². The van der Waals surface area contributed by atoms with Crippen LogP contribution >= 0.6 is 7.60 Å². The van der Waals surface area contributed by atoms with Crippen LogP contribution in [0.1, 0.15) is 11.1 Å². The number of aryl methyl sites for hydroxylation is 1. The van der Waals surface area contributed by atoms with E-state index in [9.17, 15) is 9.46 Å². The molecule has 20 heavy (non-hydrogen) atoms. The van der Waals surface area contributed by atoms with Gasteiger partial charge in [-0.3, -0.25) is 0 Å². The minimum absolute atomic E-state index is 0.327. The first-order valence-corrected chi connectivity index (χ1v) is 7.90. The fourth-order valence-corrected chi connectivity index (χ4v) is 3.32. The second kappa shape index (κ2) is 6.08. The van der Waals surface area contributed by atoms with Crippen LogP contribution in [0.25, 0.3) is 0 Å². The fourth-order valence-electron chi connectivity index (χ4n) is 1.98. The van der Waals surface area contributed by atoms with Gasteiger partial charge in [-0.25, -0.2) is 4.57 Å². The highest BCUT2D eigenvalue weighted by Gasteiger charge is 2.26. The molecule has 0 aliphatic carbocycles. The van der Waals surface area contributed by atoms with Crippen LogP contribution in [0.15, 0.2) is 61.2 Å². The molecular formula is C16H17O3P. The summed E-state index contributed by atoms with van der Waals surface area (Å²) in [5, 5.41) is 0.327. The Balaban J connectivity index is 2.36. The Hall–Kier alpha value is -1.83. The molecule has 0 radical (unpaired) electrons. The maximum absolute atomic E-state index is 12.5. The summed E-state index contributed by atoms with van der Waals surface area (Å²) in [6.45, 7) is 5.47. The molecule has 2 aromatic carbocycles. The summed E-state index contributed by atoms with van der Waals surface area (Å²) >= 11 is 0. The van der Waals surface area contributed by atoms with Gasteiger partial charge in [-0.05, 0) is 36.6 Å². The summed E-state index contributed by atoms with van der Waals surface area (Å²) in [5.74, 6) is 0.418. The van der Waals surface area contributed by atoms with E-state index >= 15 is 0 Å². The van der Waals surface area contributed by atoms with Crippen LogP contribution in [0.4, 0.5) is 0 Å². The number of hydrogen-bond acceptors (Lipinski definition) is 2. The van der Waals surface area contributed by atoms with Gasteiger partial charge in [0, 0.05) is 0 Å². The largest absolute Gasteiger partial charge is 0.421 e. The minimum atomic E-state index is -3.89. The summed E-state index contributed by atoms with van der Waals surface area (Å²) in [4.78, 5) is 10.2. The molecule has 2 aromatic rings. The first-order chi connectivity index (χ1) is 9.54. The van der Waals surface area contributed by atoms with E-state index < -0.39 is 7.60 Å². The van der Waals surface area contributed by atoms with E-state index in [2.05, 4.69) is 6.58 Å². The van der Waals surface area contributed by atoms with Crippen molar-refractivity contribution in [3.05, 3.63) is 72.3 Å². The number of allylic oxidation sites excluding steroid dienone is 1. The lowest BCUT2D eigenvalue weighted by molar-refractivity contribution is 0.392. The van der Waals surface area contributed by atoms with Crippen molar-refractivity contribution in [1.29, 1.82) is 0 Å². The number of para-hydroxylation sites is 1. The molecule has 4 heteroatoms. The van der Waals surface area contributed by atoms with Gasteiger partial charge in [0.15, 0.2) is 0 Å². The molecule has 0 saturated heterocycles. The quantitative estimate of drug-likeness (QED) is 0.675. The van der Waals surface area contributed by atoms with Gasteiger partial charge in [-0.15, -0.1) is 6.58 Å². The molecule has 0 aromatic heterocycles. The van der Waals surface area contributed by atoms with Gasteiger partial charge in [0.2, 0.25) is 0 Å². The molecule has 104 valence electrons. The monoisotopic (exact) mass is 288 g/mol. The molecule has 0 fully saturated rings. The van der Waals surface area contributed by atoms with Crippen LogP contribution in [0.2, 0.25) is 0 Å². The van der Waals surface area contributed by atoms with Gasteiger partial charge in [-0.2, -0.15) is 0 Å². The molecule has 0 heterocycles. The molecule has 1 unspecified atom stereocenters. The summed E-state index contributed by atoms with van der Waals surface area (Å²) in [7, 11) is -3.89. The van der Waals surface area contributed by atoms with Crippen LogP contribution in [0.5, 0.6) is 5.75 Å². The van der Waals surface area contributed by atoms with Crippen molar-refractivity contribution in [3.8, 4) is 5.75 Å². The maximum Gasteiger partial charge on any atom is 0.408 e. The molecule has 3 nitrogen and oxygen atoms in total. The van der Waals surface area contributed by atoms with E-state index in [0.717, 1.165) is 11.1 Å². The topological polar surface area (TPSA) is 46.5 Å². The zero-order valence-electron chi connectivity index (χ0n) is 11.3. The molecule has 1 N–H and O–H groups in total. The Morgan fingerprint density at radius 3 is 2.55 bits per heavy atom. The zero-order valence-corrected chi connectivity index (χ0v) is 12.2. The molecule has 0 aliphatic rings. The number of hydrogen-bond donors (Lipinski definition) is 1. The average Bonchev–Trinajstić information content (AvgIpc) is 2.41. The molecule has 0 aliphatic heterocycles. The van der Waals surface area contributed by atoms with Gasteiger partial charge in [0.05, 0.1) is 5.30 Å². The molecule has 1 atom stereocenters. The van der Waals surface area contributed by atoms with E-state index in [0.29, 0.717) is 17.5 Å². The van der Waals surface area contributed by atoms with Crippen molar-refractivity contribution in [3.63, 3.8) is 0 Å². The van der Waals surface area contributed by atoms with E-state index in [1.165, 1.54) is 0 Å². The maximum atomic E-state index is 12.5. The second-order valence-electron chi connectivity index (χ2n) is 4.50. The third-order valence-corrected chi connectivity index (χ3v) is 4.53. The lowest BCUT2D eigenvalue weighted by atomic mass is 10.1. The van der Waals surface area contributed by atoms with Crippen molar-refractivity contribution >= 4 is 12.9 Å². The number of rotatable bonds is 5. The Morgan fingerprint density at radius 2 is 1.85 bits per heavy atom. The third kappa shape index (κ3) is 3.19. The van der Waals surface area contributed by atoms with Crippen LogP contribution < -0.4 is 9.83 Å². The lowest BCUT2D eigenvalue weighted by Crippen LogP contribution is -2.12. The first kappa shape index (κ1) is 14.6. The van der Waals surface area contributed by atoms with Crippen molar-refractivity contribution in [1.82, 2.24) is 0 Å². The van der Waals surface area contributed by atoms with Crippen LogP contribution in [0, 0.1) is 6.92 Å².